The topological polar surface area (TPSA) is 62.2 Å². The summed E-state index contributed by atoms with van der Waals surface area (Å²) in [5.74, 6) is 2.08. The van der Waals surface area contributed by atoms with Crippen LogP contribution in [0.15, 0.2) is 18.2 Å². The van der Waals surface area contributed by atoms with Crippen LogP contribution in [0, 0.1) is 11.8 Å². The second-order valence-electron chi connectivity index (χ2n) is 8.77. The molecule has 0 radical (unpaired) electrons. The van der Waals surface area contributed by atoms with E-state index in [0.717, 1.165) is 44.7 Å². The fourth-order valence-corrected chi connectivity index (χ4v) is 3.94. The van der Waals surface area contributed by atoms with Gasteiger partial charge in [-0.05, 0) is 64.0 Å². The largest absolute Gasteiger partial charge is 0.504 e. The van der Waals surface area contributed by atoms with Crippen LogP contribution in [-0.2, 0) is 4.74 Å². The Morgan fingerprint density at radius 2 is 1.85 bits per heavy atom. The van der Waals surface area contributed by atoms with Crippen molar-refractivity contribution in [1.82, 2.24) is 4.90 Å². The van der Waals surface area contributed by atoms with Crippen molar-refractivity contribution in [3.8, 4) is 11.5 Å². The maximum Gasteiger partial charge on any atom is 0.410 e. The molecule has 0 bridgehead atoms. The SMILES string of the molecule is COc1cc(N2CC(CC3CCN(C(=O)OC(C)(C)C)CC3)C2)ccc1O. The Labute approximate surface area is 162 Å². The van der Waals surface area contributed by atoms with Crippen molar-refractivity contribution in [2.24, 2.45) is 11.8 Å². The van der Waals surface area contributed by atoms with Gasteiger partial charge in [0.05, 0.1) is 7.11 Å². The monoisotopic (exact) mass is 376 g/mol. The lowest BCUT2D eigenvalue weighted by atomic mass is 9.83. The van der Waals surface area contributed by atoms with Crippen molar-refractivity contribution in [2.75, 3.05) is 38.2 Å². The van der Waals surface area contributed by atoms with Gasteiger partial charge < -0.3 is 24.4 Å². The number of phenolic OH excluding ortho intramolecular Hbond substituents is 1. The van der Waals surface area contributed by atoms with Crippen LogP contribution in [0.3, 0.4) is 0 Å². The Kier molecular flexibility index (Phi) is 5.72. The van der Waals surface area contributed by atoms with Gasteiger partial charge in [-0.2, -0.15) is 0 Å². The van der Waals surface area contributed by atoms with Crippen molar-refractivity contribution in [1.29, 1.82) is 0 Å². The number of aromatic hydroxyl groups is 1. The molecule has 0 atom stereocenters. The minimum Gasteiger partial charge on any atom is -0.504 e. The Balaban J connectivity index is 1.41. The smallest absolute Gasteiger partial charge is 0.410 e. The average molecular weight is 376 g/mol. The molecule has 2 fully saturated rings. The number of carbonyl (C=O) groups is 1. The van der Waals surface area contributed by atoms with E-state index in [1.807, 2.05) is 37.8 Å². The summed E-state index contributed by atoms with van der Waals surface area (Å²) >= 11 is 0. The van der Waals surface area contributed by atoms with E-state index in [-0.39, 0.29) is 11.8 Å². The summed E-state index contributed by atoms with van der Waals surface area (Å²) in [5.41, 5.74) is 0.667. The number of rotatable bonds is 4. The van der Waals surface area contributed by atoms with E-state index < -0.39 is 5.60 Å². The number of anilines is 1. The quantitative estimate of drug-likeness (QED) is 0.864. The Bertz CT molecular complexity index is 657. The second kappa shape index (κ2) is 7.87. The van der Waals surface area contributed by atoms with Crippen molar-refractivity contribution in [3.63, 3.8) is 0 Å². The van der Waals surface area contributed by atoms with Crippen molar-refractivity contribution < 1.29 is 19.4 Å². The zero-order valence-electron chi connectivity index (χ0n) is 16.9. The summed E-state index contributed by atoms with van der Waals surface area (Å²) in [4.78, 5) is 16.3. The first-order chi connectivity index (χ1) is 12.7. The van der Waals surface area contributed by atoms with Gasteiger partial charge in [-0.25, -0.2) is 4.79 Å². The molecule has 27 heavy (non-hydrogen) atoms. The lowest BCUT2D eigenvalue weighted by Gasteiger charge is -2.43. The van der Waals surface area contributed by atoms with Crippen LogP contribution in [0.4, 0.5) is 10.5 Å². The molecule has 1 N–H and O–H groups in total. The molecule has 1 aromatic carbocycles. The second-order valence-corrected chi connectivity index (χ2v) is 8.77. The third-order valence-electron chi connectivity index (χ3n) is 5.42. The Morgan fingerprint density at radius 1 is 1.19 bits per heavy atom. The number of methoxy groups -OCH3 is 1. The van der Waals surface area contributed by atoms with E-state index in [1.165, 1.54) is 6.42 Å². The number of ether oxygens (including phenoxy) is 2. The lowest BCUT2D eigenvalue weighted by Crippen LogP contribution is -2.48. The zero-order chi connectivity index (χ0) is 19.6. The van der Waals surface area contributed by atoms with Crippen LogP contribution in [0.5, 0.6) is 11.5 Å². The Morgan fingerprint density at radius 3 is 2.44 bits per heavy atom. The third kappa shape index (κ3) is 4.99. The number of amides is 1. The molecule has 6 heteroatoms. The molecule has 0 spiro atoms. The first-order valence-electron chi connectivity index (χ1n) is 9.85. The number of nitrogens with zero attached hydrogens (tertiary/aromatic N) is 2. The van der Waals surface area contributed by atoms with E-state index in [1.54, 1.807) is 13.2 Å². The molecule has 6 nitrogen and oxygen atoms in total. The molecule has 0 unspecified atom stereocenters. The van der Waals surface area contributed by atoms with Crippen LogP contribution < -0.4 is 9.64 Å². The van der Waals surface area contributed by atoms with Gasteiger partial charge in [-0.15, -0.1) is 0 Å². The van der Waals surface area contributed by atoms with Gasteiger partial charge in [0.15, 0.2) is 11.5 Å². The average Bonchev–Trinajstić information content (AvgIpc) is 2.57. The summed E-state index contributed by atoms with van der Waals surface area (Å²) in [7, 11) is 1.57. The van der Waals surface area contributed by atoms with Gasteiger partial charge in [-0.1, -0.05) is 0 Å². The first kappa shape index (κ1) is 19.6. The van der Waals surface area contributed by atoms with E-state index in [4.69, 9.17) is 9.47 Å². The van der Waals surface area contributed by atoms with Gasteiger partial charge in [0.2, 0.25) is 0 Å². The van der Waals surface area contributed by atoms with Crippen LogP contribution in [0.25, 0.3) is 0 Å². The summed E-state index contributed by atoms with van der Waals surface area (Å²) in [6, 6.07) is 5.52. The number of likely N-dealkylation sites (tertiary alicyclic amines) is 1. The summed E-state index contributed by atoms with van der Waals surface area (Å²) < 4.78 is 10.7. The molecule has 3 rings (SSSR count). The van der Waals surface area contributed by atoms with Gasteiger partial charge in [0.25, 0.3) is 0 Å². The van der Waals surface area contributed by atoms with Gasteiger partial charge in [0.1, 0.15) is 5.60 Å². The van der Waals surface area contributed by atoms with E-state index in [9.17, 15) is 9.90 Å². The highest BCUT2D eigenvalue weighted by molar-refractivity contribution is 5.68. The number of hydrogen-bond donors (Lipinski definition) is 1. The molecule has 2 saturated heterocycles. The normalized spacial score (nSPS) is 19.0. The predicted molar refractivity (Wildman–Crippen MR) is 106 cm³/mol. The molecule has 2 aliphatic heterocycles. The molecule has 0 aromatic heterocycles. The standard InChI is InChI=1S/C21H32N2O4/c1-21(2,3)27-20(25)22-9-7-15(8-10-22)11-16-13-23(14-16)17-5-6-18(24)19(12-17)26-4/h5-6,12,15-16,24H,7-11,13-14H2,1-4H3. The van der Waals surface area contributed by atoms with Gasteiger partial charge >= 0.3 is 6.09 Å². The number of carbonyl (C=O) groups excluding carboxylic acids is 1. The number of hydrogen-bond acceptors (Lipinski definition) is 5. The number of benzene rings is 1. The zero-order valence-corrected chi connectivity index (χ0v) is 16.9. The molecule has 2 heterocycles. The predicted octanol–water partition coefficient (Wildman–Crippen LogP) is 3.87. The number of piperidine rings is 1. The maximum atomic E-state index is 12.2. The minimum atomic E-state index is -0.430. The molecule has 1 amide bonds. The van der Waals surface area contributed by atoms with E-state index >= 15 is 0 Å². The molecule has 0 saturated carbocycles. The number of phenols is 1. The molecule has 1 aromatic rings. The van der Waals surface area contributed by atoms with Crippen LogP contribution in [0.1, 0.15) is 40.0 Å². The third-order valence-corrected chi connectivity index (χ3v) is 5.42. The maximum absolute atomic E-state index is 12.2. The Hall–Kier alpha value is -2.11. The first-order valence-corrected chi connectivity index (χ1v) is 9.85. The molecular formula is C21H32N2O4. The van der Waals surface area contributed by atoms with Gasteiger partial charge in [-0.3, -0.25) is 0 Å². The van der Waals surface area contributed by atoms with Crippen molar-refractivity contribution in [3.05, 3.63) is 18.2 Å². The molecule has 150 valence electrons. The fourth-order valence-electron chi connectivity index (χ4n) is 3.94. The van der Waals surface area contributed by atoms with Gasteiger partial charge in [0, 0.05) is 37.9 Å². The summed E-state index contributed by atoms with van der Waals surface area (Å²) in [5, 5.41) is 9.72. The molecular weight excluding hydrogens is 344 g/mol. The highest BCUT2D eigenvalue weighted by Crippen LogP contribution is 2.36. The minimum absolute atomic E-state index is 0.176. The highest BCUT2D eigenvalue weighted by Gasteiger charge is 2.32. The fraction of sp³-hybridized carbons (Fsp3) is 0.667. The highest BCUT2D eigenvalue weighted by atomic mass is 16.6. The van der Waals surface area contributed by atoms with E-state index in [2.05, 4.69) is 4.90 Å². The lowest BCUT2D eigenvalue weighted by molar-refractivity contribution is 0.0174. The van der Waals surface area contributed by atoms with Crippen molar-refractivity contribution in [2.45, 2.75) is 45.6 Å². The van der Waals surface area contributed by atoms with Crippen molar-refractivity contribution >= 4 is 11.8 Å². The summed E-state index contributed by atoms with van der Waals surface area (Å²) in [6.45, 7) is 9.40. The van der Waals surface area contributed by atoms with Crippen LogP contribution >= 0.6 is 0 Å². The summed E-state index contributed by atoms with van der Waals surface area (Å²) in [6.07, 6.45) is 3.15. The van der Waals surface area contributed by atoms with Crippen LogP contribution in [-0.4, -0.2) is 55.0 Å². The van der Waals surface area contributed by atoms with E-state index in [0.29, 0.717) is 17.6 Å². The molecule has 0 aliphatic carbocycles. The molecule has 2 aliphatic rings. The van der Waals surface area contributed by atoms with Crippen LogP contribution in [0.2, 0.25) is 0 Å².